The molecule has 18 heavy (non-hydrogen) atoms. The van der Waals surface area contributed by atoms with Crippen molar-refractivity contribution in [2.24, 2.45) is 22.7 Å². The lowest BCUT2D eigenvalue weighted by molar-refractivity contribution is -0.165. The average molecular weight is 252 g/mol. The van der Waals surface area contributed by atoms with E-state index in [1.807, 2.05) is 6.92 Å². The fourth-order valence-electron chi connectivity index (χ4n) is 4.54. The second kappa shape index (κ2) is 4.37. The van der Waals surface area contributed by atoms with Gasteiger partial charge in [-0.05, 0) is 43.9 Å². The summed E-state index contributed by atoms with van der Waals surface area (Å²) in [7, 11) is 0. The first-order valence-electron chi connectivity index (χ1n) is 6.88. The summed E-state index contributed by atoms with van der Waals surface area (Å²) < 4.78 is 0. The number of carboxylic acids is 1. The molecule has 0 aromatic heterocycles. The summed E-state index contributed by atoms with van der Waals surface area (Å²) in [6, 6.07) is 0. The minimum atomic E-state index is -0.678. The third-order valence-electron chi connectivity index (χ3n) is 5.69. The molecule has 0 aromatic carbocycles. The van der Waals surface area contributed by atoms with E-state index in [1.165, 1.54) is 0 Å². The van der Waals surface area contributed by atoms with Crippen molar-refractivity contribution in [1.29, 1.82) is 0 Å². The number of hydrogen-bond donors (Lipinski definition) is 2. The largest absolute Gasteiger partial charge is 0.481 e. The minimum absolute atomic E-state index is 0.0650. The lowest BCUT2D eigenvalue weighted by atomic mass is 9.47. The average Bonchev–Trinajstić information content (AvgIpc) is 2.28. The molecule has 3 nitrogen and oxygen atoms in total. The van der Waals surface area contributed by atoms with Crippen LogP contribution in [-0.4, -0.2) is 22.8 Å². The van der Waals surface area contributed by atoms with Crippen LogP contribution in [-0.2, 0) is 4.79 Å². The molecule has 0 unspecified atom stereocenters. The maximum Gasteiger partial charge on any atom is 0.309 e. The molecular weight excluding hydrogens is 228 g/mol. The fourth-order valence-corrected chi connectivity index (χ4v) is 4.54. The molecule has 2 saturated carbocycles. The summed E-state index contributed by atoms with van der Waals surface area (Å²) in [6.07, 6.45) is 4.45. The van der Waals surface area contributed by atoms with Crippen LogP contribution in [0.2, 0.25) is 0 Å². The Morgan fingerprint density at radius 3 is 2.67 bits per heavy atom. The van der Waals surface area contributed by atoms with Gasteiger partial charge in [0.05, 0.1) is 12.0 Å². The van der Waals surface area contributed by atoms with Gasteiger partial charge in [0.2, 0.25) is 0 Å². The van der Waals surface area contributed by atoms with Gasteiger partial charge in [0.15, 0.2) is 0 Å². The molecule has 0 spiro atoms. The lowest BCUT2D eigenvalue weighted by Crippen LogP contribution is -2.54. The first kappa shape index (κ1) is 13.6. The topological polar surface area (TPSA) is 57.5 Å². The van der Waals surface area contributed by atoms with Gasteiger partial charge in [0.1, 0.15) is 0 Å². The minimum Gasteiger partial charge on any atom is -0.481 e. The third kappa shape index (κ3) is 1.71. The molecule has 0 radical (unpaired) electrons. The second-order valence-corrected chi connectivity index (χ2v) is 6.57. The standard InChI is InChI=1S/C15H24O3/c1-10-5-6-12-14(2,11(10)9-16)7-4-8-15(12,3)13(17)18/h11-12,16H,1,4-9H2,2-3H3,(H,17,18)/t11-,12+,14+,15+/m0/s1. The summed E-state index contributed by atoms with van der Waals surface area (Å²) in [5, 5.41) is 19.3. The summed E-state index contributed by atoms with van der Waals surface area (Å²) in [5.41, 5.74) is 0.363. The van der Waals surface area contributed by atoms with E-state index in [0.717, 1.165) is 37.7 Å². The number of fused-ring (bicyclic) bond motifs is 1. The number of carbonyl (C=O) groups is 1. The molecule has 2 aliphatic rings. The predicted molar refractivity (Wildman–Crippen MR) is 70.1 cm³/mol. The lowest BCUT2D eigenvalue weighted by Gasteiger charge is -2.56. The van der Waals surface area contributed by atoms with Crippen LogP contribution in [0.3, 0.4) is 0 Å². The van der Waals surface area contributed by atoms with Crippen LogP contribution in [0.5, 0.6) is 0 Å². The molecule has 3 heteroatoms. The van der Waals surface area contributed by atoms with Crippen molar-refractivity contribution in [2.75, 3.05) is 6.61 Å². The number of rotatable bonds is 2. The van der Waals surface area contributed by atoms with Gasteiger partial charge in [-0.25, -0.2) is 0 Å². The highest BCUT2D eigenvalue weighted by Gasteiger charge is 2.57. The highest BCUT2D eigenvalue weighted by molar-refractivity contribution is 5.75. The quantitative estimate of drug-likeness (QED) is 0.743. The smallest absolute Gasteiger partial charge is 0.309 e. The Labute approximate surface area is 109 Å². The van der Waals surface area contributed by atoms with Crippen molar-refractivity contribution in [3.05, 3.63) is 12.2 Å². The predicted octanol–water partition coefficient (Wildman–Crippen LogP) is 2.84. The summed E-state index contributed by atoms with van der Waals surface area (Å²) in [5.74, 6) is -0.461. The number of aliphatic hydroxyl groups is 1. The van der Waals surface area contributed by atoms with E-state index < -0.39 is 11.4 Å². The van der Waals surface area contributed by atoms with E-state index in [2.05, 4.69) is 13.5 Å². The monoisotopic (exact) mass is 252 g/mol. The first-order chi connectivity index (χ1) is 8.36. The zero-order valence-electron chi connectivity index (χ0n) is 11.4. The van der Waals surface area contributed by atoms with Crippen molar-refractivity contribution in [3.63, 3.8) is 0 Å². The molecule has 2 N–H and O–H groups in total. The van der Waals surface area contributed by atoms with Crippen molar-refractivity contribution in [1.82, 2.24) is 0 Å². The Balaban J connectivity index is 2.41. The maximum atomic E-state index is 11.7. The highest BCUT2D eigenvalue weighted by atomic mass is 16.4. The molecule has 0 saturated heterocycles. The van der Waals surface area contributed by atoms with Gasteiger partial charge in [-0.2, -0.15) is 0 Å². The maximum absolute atomic E-state index is 11.7. The molecular formula is C15H24O3. The van der Waals surface area contributed by atoms with E-state index in [1.54, 1.807) is 0 Å². The molecule has 0 aromatic rings. The molecule has 0 heterocycles. The van der Waals surface area contributed by atoms with Crippen molar-refractivity contribution >= 4 is 5.97 Å². The highest BCUT2D eigenvalue weighted by Crippen LogP contribution is 2.60. The molecule has 2 fully saturated rings. The summed E-state index contributed by atoms with van der Waals surface area (Å²) >= 11 is 0. The number of hydrogen-bond acceptors (Lipinski definition) is 2. The van der Waals surface area contributed by atoms with E-state index in [0.29, 0.717) is 0 Å². The first-order valence-corrected chi connectivity index (χ1v) is 6.88. The van der Waals surface area contributed by atoms with E-state index in [9.17, 15) is 15.0 Å². The Hall–Kier alpha value is -0.830. The molecule has 102 valence electrons. The van der Waals surface area contributed by atoms with Crippen LogP contribution >= 0.6 is 0 Å². The van der Waals surface area contributed by atoms with E-state index >= 15 is 0 Å². The summed E-state index contributed by atoms with van der Waals surface area (Å²) in [6.45, 7) is 8.23. The second-order valence-electron chi connectivity index (χ2n) is 6.57. The Bertz CT molecular complexity index is 376. The van der Waals surface area contributed by atoms with Crippen LogP contribution in [0.1, 0.15) is 46.0 Å². The van der Waals surface area contributed by atoms with E-state index in [4.69, 9.17) is 0 Å². The summed E-state index contributed by atoms with van der Waals surface area (Å²) in [4.78, 5) is 11.7. The van der Waals surface area contributed by atoms with Crippen LogP contribution in [0.15, 0.2) is 12.2 Å². The van der Waals surface area contributed by atoms with Crippen LogP contribution in [0.25, 0.3) is 0 Å². The normalized spacial score (nSPS) is 44.5. The molecule has 2 rings (SSSR count). The van der Waals surface area contributed by atoms with E-state index in [-0.39, 0.29) is 23.9 Å². The number of carboxylic acid groups (broad SMARTS) is 1. The van der Waals surface area contributed by atoms with Gasteiger partial charge in [-0.1, -0.05) is 25.5 Å². The van der Waals surface area contributed by atoms with Crippen molar-refractivity contribution in [3.8, 4) is 0 Å². The number of aliphatic hydroxyl groups excluding tert-OH is 1. The van der Waals surface area contributed by atoms with Gasteiger partial charge in [-0.15, -0.1) is 0 Å². The molecule has 0 aliphatic heterocycles. The SMILES string of the molecule is C=C1CC[C@@H]2[C@](C)(CCC[C@@]2(C)C(=O)O)[C@H]1CO. The zero-order chi connectivity index (χ0) is 13.6. The van der Waals surface area contributed by atoms with Gasteiger partial charge < -0.3 is 10.2 Å². The molecule has 0 bridgehead atoms. The van der Waals surface area contributed by atoms with Crippen LogP contribution in [0, 0.1) is 22.7 Å². The van der Waals surface area contributed by atoms with Gasteiger partial charge in [0.25, 0.3) is 0 Å². The Kier molecular flexibility index (Phi) is 3.30. The molecule has 4 atom stereocenters. The fraction of sp³-hybridized carbons (Fsp3) is 0.800. The van der Waals surface area contributed by atoms with Crippen molar-refractivity contribution in [2.45, 2.75) is 46.0 Å². The number of aliphatic carboxylic acids is 1. The van der Waals surface area contributed by atoms with Crippen molar-refractivity contribution < 1.29 is 15.0 Å². The van der Waals surface area contributed by atoms with Gasteiger partial charge in [0, 0.05) is 5.92 Å². The Morgan fingerprint density at radius 2 is 2.11 bits per heavy atom. The zero-order valence-corrected chi connectivity index (χ0v) is 11.4. The van der Waals surface area contributed by atoms with Gasteiger partial charge >= 0.3 is 5.97 Å². The van der Waals surface area contributed by atoms with Gasteiger partial charge in [-0.3, -0.25) is 4.79 Å². The Morgan fingerprint density at radius 1 is 1.44 bits per heavy atom. The third-order valence-corrected chi connectivity index (χ3v) is 5.69. The molecule has 0 amide bonds. The molecule has 2 aliphatic carbocycles. The van der Waals surface area contributed by atoms with Crippen LogP contribution < -0.4 is 0 Å². The van der Waals surface area contributed by atoms with Crippen LogP contribution in [0.4, 0.5) is 0 Å².